The van der Waals surface area contributed by atoms with Crippen LogP contribution >= 0.6 is 11.8 Å². The van der Waals surface area contributed by atoms with Crippen molar-refractivity contribution in [2.75, 3.05) is 13.7 Å². The van der Waals surface area contributed by atoms with E-state index in [1.165, 1.54) is 11.8 Å². The van der Waals surface area contributed by atoms with Crippen molar-refractivity contribution in [3.05, 3.63) is 60.4 Å². The van der Waals surface area contributed by atoms with Gasteiger partial charge < -0.3 is 14.0 Å². The molecule has 1 aromatic heterocycles. The largest absolute Gasteiger partial charge is 0.485 e. The molecule has 0 N–H and O–H groups in total. The molecule has 28 heavy (non-hydrogen) atoms. The van der Waals surface area contributed by atoms with Gasteiger partial charge >= 0.3 is 0 Å². The maximum Gasteiger partial charge on any atom is 0.192 e. The first kappa shape index (κ1) is 19.9. The van der Waals surface area contributed by atoms with Crippen LogP contribution in [-0.4, -0.2) is 33.7 Å². The third kappa shape index (κ3) is 4.91. The van der Waals surface area contributed by atoms with Gasteiger partial charge in [0.1, 0.15) is 12.4 Å². The van der Waals surface area contributed by atoms with Crippen LogP contribution in [0.4, 0.5) is 0 Å². The SMILES string of the molecule is COCCn1c(COc2ccccc2-c2ccccc2)nnc1SC(C)C#N. The Morgan fingerprint density at radius 3 is 2.61 bits per heavy atom. The Morgan fingerprint density at radius 2 is 1.86 bits per heavy atom. The second kappa shape index (κ2) is 9.93. The van der Waals surface area contributed by atoms with Gasteiger partial charge in [0.15, 0.2) is 11.0 Å². The first-order valence-electron chi connectivity index (χ1n) is 8.97. The van der Waals surface area contributed by atoms with Gasteiger partial charge in [-0.05, 0) is 18.6 Å². The minimum atomic E-state index is -0.210. The summed E-state index contributed by atoms with van der Waals surface area (Å²) >= 11 is 1.38. The summed E-state index contributed by atoms with van der Waals surface area (Å²) in [6.07, 6.45) is 0. The molecule has 0 saturated carbocycles. The number of hydrogen-bond acceptors (Lipinski definition) is 6. The van der Waals surface area contributed by atoms with Crippen molar-refractivity contribution >= 4 is 11.8 Å². The van der Waals surface area contributed by atoms with Crippen molar-refractivity contribution in [2.45, 2.75) is 30.5 Å². The van der Waals surface area contributed by atoms with Crippen LogP contribution in [0.15, 0.2) is 59.8 Å². The molecule has 0 bridgehead atoms. The highest BCUT2D eigenvalue weighted by molar-refractivity contribution is 8.00. The Morgan fingerprint density at radius 1 is 1.11 bits per heavy atom. The Kier molecular flexibility index (Phi) is 7.06. The van der Waals surface area contributed by atoms with E-state index in [0.717, 1.165) is 16.9 Å². The van der Waals surface area contributed by atoms with Crippen molar-refractivity contribution in [3.8, 4) is 22.9 Å². The summed E-state index contributed by atoms with van der Waals surface area (Å²) in [4.78, 5) is 0. The van der Waals surface area contributed by atoms with Crippen molar-refractivity contribution in [2.24, 2.45) is 0 Å². The van der Waals surface area contributed by atoms with Crippen LogP contribution < -0.4 is 4.74 Å². The van der Waals surface area contributed by atoms with Gasteiger partial charge in [-0.3, -0.25) is 0 Å². The Labute approximate surface area is 169 Å². The summed E-state index contributed by atoms with van der Waals surface area (Å²) in [7, 11) is 1.65. The standard InChI is InChI=1S/C21H22N4O2S/c1-16(14-22)28-21-24-23-20(25(21)12-13-26-2)15-27-19-11-7-6-10-18(19)17-8-4-3-5-9-17/h3-11,16H,12-13,15H2,1-2H3. The average molecular weight is 395 g/mol. The molecule has 144 valence electrons. The molecule has 3 rings (SSSR count). The molecule has 1 atom stereocenters. The first-order chi connectivity index (χ1) is 13.7. The van der Waals surface area contributed by atoms with Gasteiger partial charge in [-0.15, -0.1) is 10.2 Å². The molecule has 0 fully saturated rings. The zero-order chi connectivity index (χ0) is 19.8. The Hall–Kier alpha value is -2.82. The van der Waals surface area contributed by atoms with Crippen molar-refractivity contribution in [1.82, 2.24) is 14.8 Å². The predicted octanol–water partition coefficient (Wildman–Crippen LogP) is 4.17. The monoisotopic (exact) mass is 394 g/mol. The lowest BCUT2D eigenvalue weighted by atomic mass is 10.1. The minimum absolute atomic E-state index is 0.210. The zero-order valence-corrected chi connectivity index (χ0v) is 16.7. The van der Waals surface area contributed by atoms with E-state index in [4.69, 9.17) is 14.7 Å². The van der Waals surface area contributed by atoms with Gasteiger partial charge in [0, 0.05) is 19.2 Å². The summed E-state index contributed by atoms with van der Waals surface area (Å²) in [5.74, 6) is 1.49. The quantitative estimate of drug-likeness (QED) is 0.507. The van der Waals surface area contributed by atoms with Crippen LogP contribution in [0.3, 0.4) is 0 Å². The lowest BCUT2D eigenvalue weighted by molar-refractivity contribution is 0.181. The van der Waals surface area contributed by atoms with Crippen molar-refractivity contribution in [3.63, 3.8) is 0 Å². The molecule has 0 spiro atoms. The summed E-state index contributed by atoms with van der Waals surface area (Å²) in [5.41, 5.74) is 2.12. The third-order valence-corrected chi connectivity index (χ3v) is 5.08. The molecule has 0 aliphatic rings. The van der Waals surface area contributed by atoms with E-state index in [2.05, 4.69) is 28.4 Å². The van der Waals surface area contributed by atoms with E-state index in [1.807, 2.05) is 54.0 Å². The topological polar surface area (TPSA) is 73.0 Å². The number of nitriles is 1. The van der Waals surface area contributed by atoms with E-state index < -0.39 is 0 Å². The number of thioether (sulfide) groups is 1. The van der Waals surface area contributed by atoms with Gasteiger partial charge in [-0.1, -0.05) is 60.3 Å². The molecule has 0 aliphatic carbocycles. The summed E-state index contributed by atoms with van der Waals surface area (Å²) < 4.78 is 13.3. The summed E-state index contributed by atoms with van der Waals surface area (Å²) in [6, 6.07) is 20.3. The van der Waals surface area contributed by atoms with Crippen LogP contribution in [0.25, 0.3) is 11.1 Å². The van der Waals surface area contributed by atoms with E-state index in [-0.39, 0.29) is 11.9 Å². The molecule has 0 radical (unpaired) electrons. The highest BCUT2D eigenvalue weighted by atomic mass is 32.2. The number of hydrogen-bond donors (Lipinski definition) is 0. The van der Waals surface area contributed by atoms with Gasteiger partial charge in [0.25, 0.3) is 0 Å². The van der Waals surface area contributed by atoms with Crippen LogP contribution in [0, 0.1) is 11.3 Å². The molecule has 2 aromatic carbocycles. The molecular weight excluding hydrogens is 372 g/mol. The smallest absolute Gasteiger partial charge is 0.192 e. The molecule has 7 heteroatoms. The minimum Gasteiger partial charge on any atom is -0.485 e. The molecule has 1 heterocycles. The summed E-state index contributed by atoms with van der Waals surface area (Å²) in [5, 5.41) is 18.1. The van der Waals surface area contributed by atoms with E-state index in [0.29, 0.717) is 24.1 Å². The number of ether oxygens (including phenoxy) is 2. The molecule has 0 amide bonds. The number of para-hydroxylation sites is 1. The highest BCUT2D eigenvalue weighted by Gasteiger charge is 2.16. The number of benzene rings is 2. The third-order valence-electron chi connectivity index (χ3n) is 4.11. The molecule has 1 unspecified atom stereocenters. The molecule has 0 aliphatic heterocycles. The van der Waals surface area contributed by atoms with Gasteiger partial charge in [0.2, 0.25) is 0 Å². The van der Waals surface area contributed by atoms with E-state index in [9.17, 15) is 0 Å². The Bertz CT molecular complexity index is 937. The number of aromatic nitrogens is 3. The van der Waals surface area contributed by atoms with Crippen LogP contribution in [0.2, 0.25) is 0 Å². The first-order valence-corrected chi connectivity index (χ1v) is 9.85. The second-order valence-corrected chi connectivity index (χ2v) is 7.39. The Balaban J connectivity index is 1.81. The molecule has 6 nitrogen and oxygen atoms in total. The van der Waals surface area contributed by atoms with Gasteiger partial charge in [-0.25, -0.2) is 0 Å². The lowest BCUT2D eigenvalue weighted by Crippen LogP contribution is -2.12. The van der Waals surface area contributed by atoms with Crippen LogP contribution in [0.5, 0.6) is 5.75 Å². The summed E-state index contributed by atoms with van der Waals surface area (Å²) in [6.45, 7) is 3.25. The van der Waals surface area contributed by atoms with E-state index in [1.54, 1.807) is 7.11 Å². The fourth-order valence-corrected chi connectivity index (χ4v) is 3.48. The fourth-order valence-electron chi connectivity index (χ4n) is 2.70. The van der Waals surface area contributed by atoms with Gasteiger partial charge in [-0.2, -0.15) is 5.26 Å². The zero-order valence-electron chi connectivity index (χ0n) is 15.9. The lowest BCUT2D eigenvalue weighted by Gasteiger charge is -2.13. The second-order valence-electron chi connectivity index (χ2n) is 6.08. The average Bonchev–Trinajstić information content (AvgIpc) is 3.12. The van der Waals surface area contributed by atoms with E-state index >= 15 is 0 Å². The van der Waals surface area contributed by atoms with Crippen LogP contribution in [0.1, 0.15) is 12.7 Å². The molecule has 0 saturated heterocycles. The molecular formula is C21H22N4O2S. The van der Waals surface area contributed by atoms with Crippen LogP contribution in [-0.2, 0) is 17.9 Å². The maximum absolute atomic E-state index is 9.08. The number of nitrogens with zero attached hydrogens (tertiary/aromatic N) is 4. The number of methoxy groups -OCH3 is 1. The normalized spacial score (nSPS) is 11.8. The molecule has 3 aromatic rings. The maximum atomic E-state index is 9.08. The van der Waals surface area contributed by atoms with Crippen molar-refractivity contribution in [1.29, 1.82) is 5.26 Å². The highest BCUT2D eigenvalue weighted by Crippen LogP contribution is 2.30. The van der Waals surface area contributed by atoms with Crippen molar-refractivity contribution < 1.29 is 9.47 Å². The van der Waals surface area contributed by atoms with Gasteiger partial charge in [0.05, 0.1) is 17.9 Å². The number of rotatable bonds is 9. The predicted molar refractivity (Wildman–Crippen MR) is 109 cm³/mol. The fraction of sp³-hybridized carbons (Fsp3) is 0.286.